The summed E-state index contributed by atoms with van der Waals surface area (Å²) in [5.41, 5.74) is 1.82. The Hall–Kier alpha value is -1.59. The summed E-state index contributed by atoms with van der Waals surface area (Å²) in [7, 11) is 0. The van der Waals surface area contributed by atoms with Gasteiger partial charge in [0, 0.05) is 23.5 Å². The molecular formula is C16H21ClN4O. The van der Waals surface area contributed by atoms with Crippen molar-refractivity contribution in [2.45, 2.75) is 50.2 Å². The Bertz CT molecular complexity index is 659. The van der Waals surface area contributed by atoms with E-state index in [1.807, 2.05) is 24.3 Å². The van der Waals surface area contributed by atoms with Gasteiger partial charge in [0.15, 0.2) is 0 Å². The van der Waals surface area contributed by atoms with E-state index >= 15 is 0 Å². The largest absolute Gasteiger partial charge is 0.353 e. The van der Waals surface area contributed by atoms with E-state index in [9.17, 15) is 4.79 Å². The fourth-order valence-electron chi connectivity index (χ4n) is 3.76. The topological polar surface area (TPSA) is 69.8 Å². The maximum Gasteiger partial charge on any atom is 0.226 e. The maximum absolute atomic E-state index is 12.3. The van der Waals surface area contributed by atoms with Gasteiger partial charge in [-0.05, 0) is 31.7 Å². The monoisotopic (exact) mass is 320 g/mol. The van der Waals surface area contributed by atoms with Crippen molar-refractivity contribution >= 4 is 29.2 Å². The standard InChI is InChI=1S/C16H20N4O.ClH/c21-16(18-12-7-10-5-6-11(8-12)17-10)9-15-13-3-1-2-4-14(13)19-20-15;/h1-4,10-12,17H,5-9H2,(H,18,21)(H,19,20);1H. The van der Waals surface area contributed by atoms with E-state index in [1.54, 1.807) is 0 Å². The van der Waals surface area contributed by atoms with Crippen LogP contribution in [0.2, 0.25) is 0 Å². The fraction of sp³-hybridized carbons (Fsp3) is 0.500. The van der Waals surface area contributed by atoms with Crippen molar-refractivity contribution in [2.75, 3.05) is 0 Å². The average molecular weight is 321 g/mol. The van der Waals surface area contributed by atoms with Gasteiger partial charge >= 0.3 is 0 Å². The highest BCUT2D eigenvalue weighted by Crippen LogP contribution is 2.26. The molecule has 5 nitrogen and oxygen atoms in total. The average Bonchev–Trinajstić information content (AvgIpc) is 3.03. The molecule has 0 saturated carbocycles. The van der Waals surface area contributed by atoms with E-state index in [0.717, 1.165) is 29.4 Å². The first-order valence-electron chi connectivity index (χ1n) is 7.75. The summed E-state index contributed by atoms with van der Waals surface area (Å²) in [6, 6.07) is 9.42. The number of fused-ring (bicyclic) bond motifs is 3. The summed E-state index contributed by atoms with van der Waals surface area (Å²) in [5, 5.41) is 15.1. The summed E-state index contributed by atoms with van der Waals surface area (Å²) in [6.07, 6.45) is 5.00. The number of hydrogen-bond acceptors (Lipinski definition) is 3. The molecule has 3 N–H and O–H groups in total. The Kier molecular flexibility index (Phi) is 4.36. The van der Waals surface area contributed by atoms with Gasteiger partial charge in [-0.25, -0.2) is 0 Å². The lowest BCUT2D eigenvalue weighted by atomic mass is 9.99. The van der Waals surface area contributed by atoms with Crippen molar-refractivity contribution in [2.24, 2.45) is 0 Å². The highest BCUT2D eigenvalue weighted by Gasteiger charge is 2.33. The number of carbonyl (C=O) groups is 1. The Labute approximate surface area is 135 Å². The van der Waals surface area contributed by atoms with Gasteiger partial charge in [0.2, 0.25) is 5.91 Å². The third-order valence-corrected chi connectivity index (χ3v) is 4.72. The van der Waals surface area contributed by atoms with Crippen LogP contribution in [0.25, 0.3) is 10.9 Å². The van der Waals surface area contributed by atoms with Crippen LogP contribution in [0.1, 0.15) is 31.4 Å². The Morgan fingerprint density at radius 1 is 1.23 bits per heavy atom. The first-order valence-corrected chi connectivity index (χ1v) is 7.75. The van der Waals surface area contributed by atoms with Gasteiger partial charge < -0.3 is 10.6 Å². The Morgan fingerprint density at radius 3 is 2.73 bits per heavy atom. The summed E-state index contributed by atoms with van der Waals surface area (Å²) in [4.78, 5) is 12.3. The van der Waals surface area contributed by atoms with Crippen LogP contribution in [0, 0.1) is 0 Å². The number of aromatic amines is 1. The fourth-order valence-corrected chi connectivity index (χ4v) is 3.76. The summed E-state index contributed by atoms with van der Waals surface area (Å²) < 4.78 is 0. The van der Waals surface area contributed by atoms with Crippen molar-refractivity contribution in [3.63, 3.8) is 0 Å². The lowest BCUT2D eigenvalue weighted by Gasteiger charge is -2.29. The number of rotatable bonds is 3. The van der Waals surface area contributed by atoms with Gasteiger partial charge in [-0.15, -0.1) is 12.4 Å². The van der Waals surface area contributed by atoms with Gasteiger partial charge in [0.05, 0.1) is 17.6 Å². The lowest BCUT2D eigenvalue weighted by molar-refractivity contribution is -0.121. The van der Waals surface area contributed by atoms with Crippen molar-refractivity contribution in [1.29, 1.82) is 0 Å². The van der Waals surface area contributed by atoms with E-state index in [0.29, 0.717) is 24.5 Å². The second kappa shape index (κ2) is 6.26. The van der Waals surface area contributed by atoms with Gasteiger partial charge in [-0.1, -0.05) is 18.2 Å². The molecule has 0 radical (unpaired) electrons. The third-order valence-electron chi connectivity index (χ3n) is 4.72. The van der Waals surface area contributed by atoms with Crippen LogP contribution in [0.5, 0.6) is 0 Å². The molecule has 2 fully saturated rings. The van der Waals surface area contributed by atoms with Crippen LogP contribution in [0.15, 0.2) is 24.3 Å². The number of H-pyrrole nitrogens is 1. The van der Waals surface area contributed by atoms with E-state index in [2.05, 4.69) is 20.8 Å². The quantitative estimate of drug-likeness (QED) is 0.809. The van der Waals surface area contributed by atoms with Crippen LogP contribution in [0.3, 0.4) is 0 Å². The van der Waals surface area contributed by atoms with E-state index in [1.165, 1.54) is 12.8 Å². The van der Waals surface area contributed by atoms with Crippen LogP contribution in [-0.4, -0.2) is 34.2 Å². The normalized spacial score (nSPS) is 26.6. The molecule has 2 aliphatic heterocycles. The van der Waals surface area contributed by atoms with Crippen LogP contribution < -0.4 is 10.6 Å². The van der Waals surface area contributed by atoms with Gasteiger partial charge in [0.1, 0.15) is 0 Å². The first kappa shape index (κ1) is 15.3. The molecule has 118 valence electrons. The zero-order valence-electron chi connectivity index (χ0n) is 12.3. The zero-order valence-corrected chi connectivity index (χ0v) is 13.2. The first-order chi connectivity index (χ1) is 10.3. The summed E-state index contributed by atoms with van der Waals surface area (Å²) >= 11 is 0. The smallest absolute Gasteiger partial charge is 0.226 e. The van der Waals surface area contributed by atoms with Crippen molar-refractivity contribution < 1.29 is 4.79 Å². The molecule has 22 heavy (non-hydrogen) atoms. The van der Waals surface area contributed by atoms with E-state index in [4.69, 9.17) is 0 Å². The van der Waals surface area contributed by atoms with E-state index < -0.39 is 0 Å². The molecule has 6 heteroatoms. The number of piperidine rings is 1. The molecule has 0 spiro atoms. The molecule has 3 heterocycles. The molecule has 0 aliphatic carbocycles. The molecule has 2 aliphatic rings. The summed E-state index contributed by atoms with van der Waals surface area (Å²) in [6.45, 7) is 0. The number of nitrogens with one attached hydrogen (secondary N) is 3. The molecule has 2 saturated heterocycles. The second-order valence-electron chi connectivity index (χ2n) is 6.27. The SMILES string of the molecule is Cl.O=C(Cc1[nH]nc2ccccc12)NC1CC2CCC(C1)N2. The van der Waals surface area contributed by atoms with E-state index in [-0.39, 0.29) is 18.3 Å². The zero-order chi connectivity index (χ0) is 14.2. The minimum absolute atomic E-state index is 0. The lowest BCUT2D eigenvalue weighted by Crippen LogP contribution is -2.48. The third kappa shape index (κ3) is 2.96. The molecule has 1 amide bonds. The molecule has 2 aromatic rings. The maximum atomic E-state index is 12.3. The molecular weight excluding hydrogens is 300 g/mol. The predicted octanol–water partition coefficient (Wildman–Crippen LogP) is 1.93. The minimum Gasteiger partial charge on any atom is -0.353 e. The van der Waals surface area contributed by atoms with Crippen LogP contribution in [0.4, 0.5) is 0 Å². The molecule has 1 aromatic carbocycles. The Balaban J connectivity index is 0.00000144. The predicted molar refractivity (Wildman–Crippen MR) is 88.2 cm³/mol. The second-order valence-corrected chi connectivity index (χ2v) is 6.27. The molecule has 2 atom stereocenters. The number of hydrogen-bond donors (Lipinski definition) is 3. The number of benzene rings is 1. The number of amides is 1. The Morgan fingerprint density at radius 2 is 1.95 bits per heavy atom. The number of nitrogens with zero attached hydrogens (tertiary/aromatic N) is 1. The van der Waals surface area contributed by atoms with Crippen LogP contribution >= 0.6 is 12.4 Å². The number of carbonyl (C=O) groups excluding carboxylic acids is 1. The van der Waals surface area contributed by atoms with Crippen molar-refractivity contribution in [1.82, 2.24) is 20.8 Å². The molecule has 1 aromatic heterocycles. The van der Waals surface area contributed by atoms with Crippen molar-refractivity contribution in [3.8, 4) is 0 Å². The van der Waals surface area contributed by atoms with Gasteiger partial charge in [0.25, 0.3) is 0 Å². The van der Waals surface area contributed by atoms with Crippen LogP contribution in [-0.2, 0) is 11.2 Å². The van der Waals surface area contributed by atoms with Crippen molar-refractivity contribution in [3.05, 3.63) is 30.0 Å². The molecule has 2 unspecified atom stereocenters. The summed E-state index contributed by atoms with van der Waals surface area (Å²) in [5.74, 6) is 0.0932. The molecule has 4 rings (SSSR count). The number of aromatic nitrogens is 2. The number of halogens is 1. The number of para-hydroxylation sites is 1. The molecule has 2 bridgehead atoms. The highest BCUT2D eigenvalue weighted by molar-refractivity contribution is 5.87. The highest BCUT2D eigenvalue weighted by atomic mass is 35.5. The van der Waals surface area contributed by atoms with Gasteiger partial charge in [-0.3, -0.25) is 9.89 Å². The minimum atomic E-state index is 0. The van der Waals surface area contributed by atoms with Gasteiger partial charge in [-0.2, -0.15) is 5.10 Å².